The molecule has 3 rings (SSSR count). The number of amidine groups is 1. The maximum atomic E-state index is 4.23. The van der Waals surface area contributed by atoms with Crippen LogP contribution in [-0.4, -0.2) is 10.2 Å². The summed E-state index contributed by atoms with van der Waals surface area (Å²) in [7, 11) is 0. The Hall–Kier alpha value is -1.62. The number of nitrogens with zero attached hydrogens (tertiary/aromatic N) is 1. The SMILES string of the molecule is SC1=Nc2[nH]c3ccccc3c2NN1. The zero-order chi connectivity index (χ0) is 9.54. The van der Waals surface area contributed by atoms with Crippen LogP contribution < -0.4 is 10.9 Å². The van der Waals surface area contributed by atoms with Crippen LogP contribution in [0.1, 0.15) is 0 Å². The fraction of sp³-hybridized carbons (Fsp3) is 0. The van der Waals surface area contributed by atoms with E-state index in [1.807, 2.05) is 24.3 Å². The molecule has 1 aliphatic rings. The van der Waals surface area contributed by atoms with Gasteiger partial charge in [0, 0.05) is 10.9 Å². The number of para-hydroxylation sites is 1. The zero-order valence-electron chi connectivity index (χ0n) is 7.20. The number of rotatable bonds is 0. The molecular formula is C9H8N4S. The van der Waals surface area contributed by atoms with E-state index in [4.69, 9.17) is 0 Å². The van der Waals surface area contributed by atoms with Gasteiger partial charge < -0.3 is 4.98 Å². The average Bonchev–Trinajstić information content (AvgIpc) is 2.54. The van der Waals surface area contributed by atoms with Crippen molar-refractivity contribution < 1.29 is 0 Å². The van der Waals surface area contributed by atoms with Crippen molar-refractivity contribution in [2.45, 2.75) is 0 Å². The Morgan fingerprint density at radius 3 is 2.93 bits per heavy atom. The molecular weight excluding hydrogens is 196 g/mol. The minimum atomic E-state index is 0.559. The second kappa shape index (κ2) is 2.68. The molecule has 2 aromatic rings. The monoisotopic (exact) mass is 204 g/mol. The first kappa shape index (κ1) is 7.75. The summed E-state index contributed by atoms with van der Waals surface area (Å²) in [6, 6.07) is 8.04. The van der Waals surface area contributed by atoms with Gasteiger partial charge in [0.1, 0.15) is 5.69 Å². The van der Waals surface area contributed by atoms with E-state index < -0.39 is 0 Å². The largest absolute Gasteiger partial charge is 0.338 e. The van der Waals surface area contributed by atoms with Crippen LogP contribution in [0.15, 0.2) is 29.3 Å². The quantitative estimate of drug-likeness (QED) is 0.496. The van der Waals surface area contributed by atoms with E-state index in [-0.39, 0.29) is 0 Å². The van der Waals surface area contributed by atoms with Crippen LogP contribution in [0.25, 0.3) is 10.9 Å². The Kier molecular flexibility index (Phi) is 1.49. The Labute approximate surface area is 85.8 Å². The summed E-state index contributed by atoms with van der Waals surface area (Å²) < 4.78 is 0. The van der Waals surface area contributed by atoms with Gasteiger partial charge in [-0.05, 0) is 6.07 Å². The first-order valence-corrected chi connectivity index (χ1v) is 4.70. The molecule has 0 saturated heterocycles. The van der Waals surface area contributed by atoms with Crippen molar-refractivity contribution in [1.29, 1.82) is 0 Å². The number of hydrazine groups is 1. The van der Waals surface area contributed by atoms with Crippen LogP contribution >= 0.6 is 12.6 Å². The lowest BCUT2D eigenvalue weighted by Gasteiger charge is -2.12. The summed E-state index contributed by atoms with van der Waals surface area (Å²) in [5.41, 5.74) is 7.95. The number of fused-ring (bicyclic) bond motifs is 3. The smallest absolute Gasteiger partial charge is 0.179 e. The number of benzene rings is 1. The van der Waals surface area contributed by atoms with Gasteiger partial charge in [-0.15, -0.1) is 12.6 Å². The first-order chi connectivity index (χ1) is 6.84. The molecule has 1 aliphatic heterocycles. The fourth-order valence-electron chi connectivity index (χ4n) is 1.59. The molecule has 5 heteroatoms. The number of H-pyrrole nitrogens is 1. The maximum Gasteiger partial charge on any atom is 0.179 e. The highest BCUT2D eigenvalue weighted by Crippen LogP contribution is 2.34. The summed E-state index contributed by atoms with van der Waals surface area (Å²) in [5, 5.41) is 1.68. The van der Waals surface area contributed by atoms with E-state index >= 15 is 0 Å². The van der Waals surface area contributed by atoms with E-state index in [0.29, 0.717) is 5.17 Å². The van der Waals surface area contributed by atoms with E-state index in [1.165, 1.54) is 0 Å². The number of aromatic nitrogens is 1. The number of hydrogen-bond acceptors (Lipinski definition) is 3. The van der Waals surface area contributed by atoms with Crippen LogP contribution in [-0.2, 0) is 0 Å². The van der Waals surface area contributed by atoms with Gasteiger partial charge in [-0.25, -0.2) is 4.99 Å². The predicted molar refractivity (Wildman–Crippen MR) is 61.1 cm³/mol. The van der Waals surface area contributed by atoms with Crippen LogP contribution in [0, 0.1) is 0 Å². The molecule has 0 bridgehead atoms. The van der Waals surface area contributed by atoms with Crippen molar-refractivity contribution in [3.05, 3.63) is 24.3 Å². The van der Waals surface area contributed by atoms with Gasteiger partial charge in [0.25, 0.3) is 0 Å². The molecule has 0 radical (unpaired) electrons. The Bertz CT molecular complexity index is 529. The Morgan fingerprint density at radius 1 is 1.14 bits per heavy atom. The van der Waals surface area contributed by atoms with Crippen LogP contribution in [0.3, 0.4) is 0 Å². The minimum absolute atomic E-state index is 0.559. The molecule has 1 aromatic carbocycles. The fourth-order valence-corrected chi connectivity index (χ4v) is 1.75. The molecule has 3 N–H and O–H groups in total. The molecule has 4 nitrogen and oxygen atoms in total. The highest BCUT2D eigenvalue weighted by molar-refractivity contribution is 7.96. The molecule has 1 aromatic heterocycles. The second-order valence-corrected chi connectivity index (χ2v) is 3.50. The first-order valence-electron chi connectivity index (χ1n) is 4.25. The number of hydrogen-bond donors (Lipinski definition) is 4. The van der Waals surface area contributed by atoms with Crippen molar-refractivity contribution >= 4 is 40.2 Å². The molecule has 70 valence electrons. The topological polar surface area (TPSA) is 52.2 Å². The molecule has 0 unspecified atom stereocenters. The van der Waals surface area contributed by atoms with Gasteiger partial charge in [-0.3, -0.25) is 10.9 Å². The molecule has 0 fully saturated rings. The van der Waals surface area contributed by atoms with E-state index in [2.05, 4.69) is 33.5 Å². The van der Waals surface area contributed by atoms with Crippen LogP contribution in [0.4, 0.5) is 11.5 Å². The van der Waals surface area contributed by atoms with Crippen molar-refractivity contribution in [3.63, 3.8) is 0 Å². The number of anilines is 1. The third kappa shape index (κ3) is 0.990. The molecule has 0 amide bonds. The molecule has 0 atom stereocenters. The Balaban J connectivity index is 2.35. The average molecular weight is 204 g/mol. The van der Waals surface area contributed by atoms with Gasteiger partial charge in [-0.1, -0.05) is 18.2 Å². The third-order valence-electron chi connectivity index (χ3n) is 2.20. The summed E-state index contributed by atoms with van der Waals surface area (Å²) in [6.07, 6.45) is 0. The van der Waals surface area contributed by atoms with E-state index in [9.17, 15) is 0 Å². The summed E-state index contributed by atoms with van der Waals surface area (Å²) in [5.74, 6) is 0.815. The van der Waals surface area contributed by atoms with Crippen molar-refractivity contribution in [3.8, 4) is 0 Å². The van der Waals surface area contributed by atoms with Crippen molar-refractivity contribution in [2.75, 3.05) is 5.43 Å². The van der Waals surface area contributed by atoms with Crippen molar-refractivity contribution in [1.82, 2.24) is 10.4 Å². The summed E-state index contributed by atoms with van der Waals surface area (Å²) >= 11 is 4.12. The number of aromatic amines is 1. The predicted octanol–water partition coefficient (Wildman–Crippen LogP) is 2.02. The van der Waals surface area contributed by atoms with E-state index in [1.54, 1.807) is 0 Å². The second-order valence-electron chi connectivity index (χ2n) is 3.08. The molecule has 0 saturated carbocycles. The number of nitrogens with one attached hydrogen (secondary N) is 3. The highest BCUT2D eigenvalue weighted by Gasteiger charge is 2.14. The van der Waals surface area contributed by atoms with Gasteiger partial charge >= 0.3 is 0 Å². The Morgan fingerprint density at radius 2 is 2.00 bits per heavy atom. The molecule has 0 aliphatic carbocycles. The lowest BCUT2D eigenvalue weighted by Crippen LogP contribution is -2.27. The summed E-state index contributed by atoms with van der Waals surface area (Å²) in [6.45, 7) is 0. The van der Waals surface area contributed by atoms with Crippen LogP contribution in [0.2, 0.25) is 0 Å². The van der Waals surface area contributed by atoms with Gasteiger partial charge in [0.05, 0.1) is 0 Å². The van der Waals surface area contributed by atoms with Crippen LogP contribution in [0.5, 0.6) is 0 Å². The maximum absolute atomic E-state index is 4.23. The standard InChI is InChI=1S/C9H8N4S/c14-9-11-8-7(12-13-9)5-3-1-2-4-6(5)10-8/h1-4,10,12H,(H2,11,13,14). The number of thiol groups is 1. The zero-order valence-corrected chi connectivity index (χ0v) is 8.10. The third-order valence-corrected chi connectivity index (χ3v) is 2.42. The number of aliphatic imine (C=N–C) groups is 1. The van der Waals surface area contributed by atoms with E-state index in [0.717, 1.165) is 22.4 Å². The lowest BCUT2D eigenvalue weighted by atomic mass is 10.2. The molecule has 0 spiro atoms. The van der Waals surface area contributed by atoms with Gasteiger partial charge in [0.2, 0.25) is 0 Å². The lowest BCUT2D eigenvalue weighted by molar-refractivity contribution is 1.11. The molecule has 14 heavy (non-hydrogen) atoms. The van der Waals surface area contributed by atoms with Crippen molar-refractivity contribution in [2.24, 2.45) is 4.99 Å². The minimum Gasteiger partial charge on any atom is -0.338 e. The molecule has 2 heterocycles. The summed E-state index contributed by atoms with van der Waals surface area (Å²) in [4.78, 5) is 7.44. The normalized spacial score (nSPS) is 14.2. The van der Waals surface area contributed by atoms with Gasteiger partial charge in [0.15, 0.2) is 11.0 Å². The van der Waals surface area contributed by atoms with Gasteiger partial charge in [-0.2, -0.15) is 0 Å². The highest BCUT2D eigenvalue weighted by atomic mass is 32.1.